The summed E-state index contributed by atoms with van der Waals surface area (Å²) < 4.78 is 0. The van der Waals surface area contributed by atoms with Gasteiger partial charge in [-0.15, -0.1) is 11.8 Å². The molecule has 0 aromatic carbocycles. The average molecular weight is 129 g/mol. The fourth-order valence-electron chi connectivity index (χ4n) is 0.744. The summed E-state index contributed by atoms with van der Waals surface area (Å²) in [6.07, 6.45) is 3.40. The lowest BCUT2D eigenvalue weighted by molar-refractivity contribution is 0.689. The van der Waals surface area contributed by atoms with Crippen LogP contribution in [0.3, 0.4) is 0 Å². The molecule has 1 nitrogen and oxygen atoms in total. The molecule has 0 spiro atoms. The first-order valence-corrected chi connectivity index (χ1v) is 3.91. The third-order valence-corrected chi connectivity index (χ3v) is 2.16. The van der Waals surface area contributed by atoms with Crippen molar-refractivity contribution in [1.29, 1.82) is 0 Å². The van der Waals surface area contributed by atoms with Crippen LogP contribution in [0.5, 0.6) is 0 Å². The van der Waals surface area contributed by atoms with E-state index in [1.165, 1.54) is 6.42 Å². The van der Waals surface area contributed by atoms with Gasteiger partial charge in [0.2, 0.25) is 0 Å². The van der Waals surface area contributed by atoms with Crippen molar-refractivity contribution in [3.05, 3.63) is 11.5 Å². The Morgan fingerprint density at radius 3 is 3.25 bits per heavy atom. The van der Waals surface area contributed by atoms with Crippen molar-refractivity contribution in [3.8, 4) is 0 Å². The lowest BCUT2D eigenvalue weighted by Gasteiger charge is -2.06. The second-order valence-electron chi connectivity index (χ2n) is 1.79. The lowest BCUT2D eigenvalue weighted by Crippen LogP contribution is -2.22. The van der Waals surface area contributed by atoms with Crippen molar-refractivity contribution < 1.29 is 0 Å². The SMILES string of the molecule is CCNC1CC=CS1. The second kappa shape index (κ2) is 3.15. The summed E-state index contributed by atoms with van der Waals surface area (Å²) in [5.41, 5.74) is 0. The zero-order valence-electron chi connectivity index (χ0n) is 5.05. The predicted molar refractivity (Wildman–Crippen MR) is 38.8 cm³/mol. The molecule has 1 heterocycles. The summed E-state index contributed by atoms with van der Waals surface area (Å²) in [7, 11) is 0. The molecule has 46 valence electrons. The van der Waals surface area contributed by atoms with Crippen molar-refractivity contribution in [2.45, 2.75) is 18.7 Å². The highest BCUT2D eigenvalue weighted by molar-refractivity contribution is 8.02. The number of rotatable bonds is 2. The minimum atomic E-state index is 0.667. The van der Waals surface area contributed by atoms with E-state index in [9.17, 15) is 0 Å². The molecule has 0 fully saturated rings. The molecule has 0 amide bonds. The van der Waals surface area contributed by atoms with Crippen LogP contribution in [0, 0.1) is 0 Å². The highest BCUT2D eigenvalue weighted by Crippen LogP contribution is 2.20. The first-order valence-electron chi connectivity index (χ1n) is 2.97. The van der Waals surface area contributed by atoms with Gasteiger partial charge in [0.05, 0.1) is 5.37 Å². The molecule has 0 saturated heterocycles. The van der Waals surface area contributed by atoms with Gasteiger partial charge in [0, 0.05) is 0 Å². The van der Waals surface area contributed by atoms with Crippen LogP contribution >= 0.6 is 11.8 Å². The van der Waals surface area contributed by atoms with Gasteiger partial charge < -0.3 is 5.32 Å². The first kappa shape index (κ1) is 6.17. The minimum Gasteiger partial charge on any atom is -0.305 e. The molecule has 0 radical (unpaired) electrons. The van der Waals surface area contributed by atoms with E-state index in [0.29, 0.717) is 5.37 Å². The second-order valence-corrected chi connectivity index (χ2v) is 2.90. The fourth-order valence-corrected chi connectivity index (χ4v) is 1.64. The van der Waals surface area contributed by atoms with E-state index in [1.54, 1.807) is 0 Å². The van der Waals surface area contributed by atoms with Crippen LogP contribution in [-0.2, 0) is 0 Å². The molecule has 0 saturated carbocycles. The third kappa shape index (κ3) is 1.53. The van der Waals surface area contributed by atoms with Gasteiger partial charge in [-0.2, -0.15) is 0 Å². The van der Waals surface area contributed by atoms with Gasteiger partial charge in [0.15, 0.2) is 0 Å². The minimum absolute atomic E-state index is 0.667. The molecule has 0 aromatic rings. The van der Waals surface area contributed by atoms with Gasteiger partial charge >= 0.3 is 0 Å². The van der Waals surface area contributed by atoms with Crippen LogP contribution in [0.25, 0.3) is 0 Å². The maximum absolute atomic E-state index is 3.34. The molecular weight excluding hydrogens is 118 g/mol. The molecule has 1 rings (SSSR count). The normalized spacial score (nSPS) is 26.9. The summed E-state index contributed by atoms with van der Waals surface area (Å²) in [5.74, 6) is 0. The van der Waals surface area contributed by atoms with E-state index in [2.05, 4.69) is 23.7 Å². The van der Waals surface area contributed by atoms with Crippen molar-refractivity contribution >= 4 is 11.8 Å². The zero-order chi connectivity index (χ0) is 5.82. The number of hydrogen-bond acceptors (Lipinski definition) is 2. The van der Waals surface area contributed by atoms with Gasteiger partial charge in [0.25, 0.3) is 0 Å². The van der Waals surface area contributed by atoms with E-state index in [4.69, 9.17) is 0 Å². The Morgan fingerprint density at radius 1 is 1.88 bits per heavy atom. The number of nitrogens with one attached hydrogen (secondary N) is 1. The maximum atomic E-state index is 3.34. The van der Waals surface area contributed by atoms with E-state index in [-0.39, 0.29) is 0 Å². The Labute approximate surface area is 54.5 Å². The molecule has 0 aliphatic carbocycles. The monoisotopic (exact) mass is 129 g/mol. The van der Waals surface area contributed by atoms with Crippen LogP contribution in [0.15, 0.2) is 11.5 Å². The van der Waals surface area contributed by atoms with Crippen LogP contribution in [0.1, 0.15) is 13.3 Å². The quantitative estimate of drug-likeness (QED) is 0.607. The van der Waals surface area contributed by atoms with Crippen LogP contribution in [0.2, 0.25) is 0 Å². The molecule has 0 aromatic heterocycles. The topological polar surface area (TPSA) is 12.0 Å². The molecule has 1 atom stereocenters. The Morgan fingerprint density at radius 2 is 2.75 bits per heavy atom. The van der Waals surface area contributed by atoms with E-state index >= 15 is 0 Å². The van der Waals surface area contributed by atoms with E-state index in [1.807, 2.05) is 11.8 Å². The summed E-state index contributed by atoms with van der Waals surface area (Å²) >= 11 is 1.88. The van der Waals surface area contributed by atoms with Crippen molar-refractivity contribution in [1.82, 2.24) is 5.32 Å². The van der Waals surface area contributed by atoms with Crippen LogP contribution < -0.4 is 5.32 Å². The summed E-state index contributed by atoms with van der Waals surface area (Å²) in [6.45, 7) is 3.22. The molecular formula is C6H11NS. The summed E-state index contributed by atoms with van der Waals surface area (Å²) in [4.78, 5) is 0. The highest BCUT2D eigenvalue weighted by atomic mass is 32.2. The van der Waals surface area contributed by atoms with Crippen molar-refractivity contribution in [3.63, 3.8) is 0 Å². The van der Waals surface area contributed by atoms with E-state index < -0.39 is 0 Å². The van der Waals surface area contributed by atoms with Crippen LogP contribution in [0.4, 0.5) is 0 Å². The highest BCUT2D eigenvalue weighted by Gasteiger charge is 2.06. The maximum Gasteiger partial charge on any atom is 0.0608 e. The van der Waals surface area contributed by atoms with Gasteiger partial charge in [-0.05, 0) is 18.4 Å². The molecule has 2 heteroatoms. The zero-order valence-corrected chi connectivity index (χ0v) is 5.87. The fraction of sp³-hybridized carbons (Fsp3) is 0.667. The van der Waals surface area contributed by atoms with E-state index in [0.717, 1.165) is 6.54 Å². The van der Waals surface area contributed by atoms with Crippen molar-refractivity contribution in [2.24, 2.45) is 0 Å². The average Bonchev–Trinajstić information content (AvgIpc) is 2.19. The Hall–Kier alpha value is 0.0500. The lowest BCUT2D eigenvalue weighted by atomic mass is 10.4. The van der Waals surface area contributed by atoms with Gasteiger partial charge in [-0.1, -0.05) is 13.0 Å². The molecule has 1 aliphatic heterocycles. The third-order valence-electron chi connectivity index (χ3n) is 1.12. The van der Waals surface area contributed by atoms with Crippen LogP contribution in [-0.4, -0.2) is 11.9 Å². The van der Waals surface area contributed by atoms with Gasteiger partial charge in [-0.25, -0.2) is 0 Å². The van der Waals surface area contributed by atoms with Crippen molar-refractivity contribution in [2.75, 3.05) is 6.54 Å². The summed E-state index contributed by atoms with van der Waals surface area (Å²) in [6, 6.07) is 0. The summed E-state index contributed by atoms with van der Waals surface area (Å²) in [5, 5.41) is 6.17. The Kier molecular flexibility index (Phi) is 2.43. The molecule has 0 bridgehead atoms. The molecule has 1 N–H and O–H groups in total. The Bertz CT molecular complexity index is 82.5. The molecule has 1 unspecified atom stereocenters. The predicted octanol–water partition coefficient (Wildman–Crippen LogP) is 1.57. The largest absolute Gasteiger partial charge is 0.305 e. The van der Waals surface area contributed by atoms with Gasteiger partial charge in [0.1, 0.15) is 0 Å². The number of hydrogen-bond donors (Lipinski definition) is 1. The number of thioether (sulfide) groups is 1. The molecule has 1 aliphatic rings. The standard InChI is InChI=1S/C6H11NS/c1-2-7-6-4-3-5-8-6/h3,5-7H,2,4H2,1H3. The molecule has 8 heavy (non-hydrogen) atoms. The van der Waals surface area contributed by atoms with Gasteiger partial charge in [-0.3, -0.25) is 0 Å². The Balaban J connectivity index is 2.10. The first-order chi connectivity index (χ1) is 3.93. The smallest absolute Gasteiger partial charge is 0.0608 e.